The molecule has 1 atom stereocenters. The van der Waals surface area contributed by atoms with Crippen LogP contribution in [-0.4, -0.2) is 25.9 Å². The van der Waals surface area contributed by atoms with Gasteiger partial charge in [-0.1, -0.05) is 0 Å². The Labute approximate surface area is 131 Å². The van der Waals surface area contributed by atoms with Crippen LogP contribution >= 0.6 is 15.9 Å². The minimum absolute atomic E-state index is 0.202. The predicted octanol–water partition coefficient (Wildman–Crippen LogP) is 2.20. The summed E-state index contributed by atoms with van der Waals surface area (Å²) < 4.78 is 39.6. The van der Waals surface area contributed by atoms with Crippen molar-refractivity contribution in [2.45, 2.75) is 12.4 Å². The highest BCUT2D eigenvalue weighted by atomic mass is 79.9. The van der Waals surface area contributed by atoms with Crippen molar-refractivity contribution < 1.29 is 18.3 Å². The largest absolute Gasteiger partial charge is 0.434 e. The third-order valence-electron chi connectivity index (χ3n) is 2.99. The summed E-state index contributed by atoms with van der Waals surface area (Å²) in [5.41, 5.74) is 1.93. The number of rotatable bonds is 2. The Morgan fingerprint density at radius 2 is 2.05 bits per heavy atom. The van der Waals surface area contributed by atoms with Crippen molar-refractivity contribution in [3.63, 3.8) is 0 Å². The summed E-state index contributed by atoms with van der Waals surface area (Å²) >= 11 is 3.24. The van der Waals surface area contributed by atoms with Crippen LogP contribution in [0.15, 0.2) is 41.5 Å². The summed E-state index contributed by atoms with van der Waals surface area (Å²) in [6, 6.07) is 3.37. The molecule has 0 fully saturated rings. The fourth-order valence-electron chi connectivity index (χ4n) is 1.93. The average molecular weight is 376 g/mol. The smallest absolute Gasteiger partial charge is 0.367 e. The van der Waals surface area contributed by atoms with Gasteiger partial charge in [-0.25, -0.2) is 15.0 Å². The number of halogens is 4. The van der Waals surface area contributed by atoms with Gasteiger partial charge in [0.1, 0.15) is 5.82 Å². The van der Waals surface area contributed by atoms with Gasteiger partial charge in [-0.3, -0.25) is 5.43 Å². The van der Waals surface area contributed by atoms with Crippen molar-refractivity contribution in [3.8, 4) is 0 Å². The molecule has 0 saturated heterocycles. The van der Waals surface area contributed by atoms with E-state index in [2.05, 4.69) is 31.3 Å². The Morgan fingerprint density at radius 3 is 2.64 bits per heavy atom. The van der Waals surface area contributed by atoms with Crippen molar-refractivity contribution in [1.29, 1.82) is 0 Å². The molecule has 116 valence electrons. The van der Waals surface area contributed by atoms with E-state index in [-0.39, 0.29) is 5.70 Å². The molecule has 0 saturated carbocycles. The quantitative estimate of drug-likeness (QED) is 0.842. The Balaban J connectivity index is 1.82. The molecule has 2 N–H and O–H groups in total. The Morgan fingerprint density at radius 1 is 1.27 bits per heavy atom. The predicted molar refractivity (Wildman–Crippen MR) is 75.1 cm³/mol. The lowest BCUT2D eigenvalue weighted by Crippen LogP contribution is -2.39. The first-order valence-corrected chi connectivity index (χ1v) is 6.82. The zero-order chi connectivity index (χ0) is 15.9. The summed E-state index contributed by atoms with van der Waals surface area (Å²) in [5, 5.41) is 11.6. The molecule has 1 unspecified atom stereocenters. The lowest BCUT2D eigenvalue weighted by Gasteiger charge is -2.23. The van der Waals surface area contributed by atoms with Crippen molar-refractivity contribution in [2.75, 3.05) is 5.01 Å². The lowest BCUT2D eigenvalue weighted by atomic mass is 10.4. The number of anilines is 1. The topological polar surface area (TPSA) is 66.2 Å². The number of aliphatic hydroxyl groups is 1. The van der Waals surface area contributed by atoms with Crippen molar-refractivity contribution in [3.05, 3.63) is 47.2 Å². The number of pyridine rings is 1. The molecule has 6 nitrogen and oxygen atoms in total. The van der Waals surface area contributed by atoms with Gasteiger partial charge in [0, 0.05) is 23.1 Å². The molecule has 1 aliphatic heterocycles. The monoisotopic (exact) mass is 375 g/mol. The summed E-state index contributed by atoms with van der Waals surface area (Å²) in [7, 11) is 0. The van der Waals surface area contributed by atoms with Gasteiger partial charge < -0.3 is 9.67 Å². The standard InChI is InChI=1S/C12H9BrF3N5O/c13-7-1-2-10(17-3-7)21-11(22)8(4-19-21)20-5-9(18-6-20)12(14,15)16/h1-6,11,19,22H. The number of aliphatic hydroxyl groups excluding tert-OH is 1. The van der Waals surface area contributed by atoms with Gasteiger partial charge in [-0.05, 0) is 28.1 Å². The zero-order valence-electron chi connectivity index (χ0n) is 10.8. The van der Waals surface area contributed by atoms with Crippen LogP contribution in [-0.2, 0) is 6.18 Å². The minimum atomic E-state index is -4.53. The van der Waals surface area contributed by atoms with E-state index in [9.17, 15) is 18.3 Å². The first-order chi connectivity index (χ1) is 10.4. The van der Waals surface area contributed by atoms with E-state index in [1.165, 1.54) is 11.2 Å². The van der Waals surface area contributed by atoms with Crippen molar-refractivity contribution >= 4 is 27.4 Å². The molecule has 0 bridgehead atoms. The van der Waals surface area contributed by atoms with Gasteiger partial charge in [-0.15, -0.1) is 0 Å². The van der Waals surface area contributed by atoms with Crippen LogP contribution in [0.3, 0.4) is 0 Å². The molecular formula is C12H9BrF3N5O. The fraction of sp³-hybridized carbons (Fsp3) is 0.167. The number of hydrogen-bond donors (Lipinski definition) is 2. The van der Waals surface area contributed by atoms with Gasteiger partial charge in [-0.2, -0.15) is 13.2 Å². The highest BCUT2D eigenvalue weighted by Crippen LogP contribution is 2.29. The van der Waals surface area contributed by atoms with Gasteiger partial charge in [0.25, 0.3) is 0 Å². The first kappa shape index (κ1) is 14.9. The number of hydrogen-bond acceptors (Lipinski definition) is 5. The third-order valence-corrected chi connectivity index (χ3v) is 3.46. The second-order valence-electron chi connectivity index (χ2n) is 4.44. The van der Waals surface area contributed by atoms with Crippen molar-refractivity contribution in [2.24, 2.45) is 0 Å². The summed E-state index contributed by atoms with van der Waals surface area (Å²) in [4.78, 5) is 7.40. The van der Waals surface area contributed by atoms with Crippen LogP contribution in [0.2, 0.25) is 0 Å². The van der Waals surface area contributed by atoms with Crippen LogP contribution in [0.5, 0.6) is 0 Å². The second kappa shape index (κ2) is 5.29. The number of nitrogens with one attached hydrogen (secondary N) is 1. The van der Waals surface area contributed by atoms with Gasteiger partial charge in [0.2, 0.25) is 0 Å². The molecule has 3 rings (SSSR count). The van der Waals surface area contributed by atoms with Crippen LogP contribution in [0.4, 0.5) is 19.0 Å². The maximum Gasteiger partial charge on any atom is 0.434 e. The molecule has 2 aromatic rings. The Hall–Kier alpha value is -2.07. The fourth-order valence-corrected chi connectivity index (χ4v) is 2.17. The van der Waals surface area contributed by atoms with Gasteiger partial charge >= 0.3 is 6.18 Å². The molecule has 0 amide bonds. The lowest BCUT2D eigenvalue weighted by molar-refractivity contribution is -0.140. The molecule has 3 heterocycles. The number of alkyl halides is 3. The number of hydrazine groups is 1. The average Bonchev–Trinajstić information content (AvgIpc) is 3.06. The molecule has 0 aromatic carbocycles. The zero-order valence-corrected chi connectivity index (χ0v) is 12.4. The van der Waals surface area contributed by atoms with E-state index < -0.39 is 18.1 Å². The minimum Gasteiger partial charge on any atom is -0.367 e. The molecule has 0 aliphatic carbocycles. The van der Waals surface area contributed by atoms with Crippen LogP contribution in [0.1, 0.15) is 5.69 Å². The SMILES string of the molecule is OC1C(n2cnc(C(F)(F)F)c2)=CNN1c1ccc(Br)cn1. The molecular weight excluding hydrogens is 367 g/mol. The van der Waals surface area contributed by atoms with Gasteiger partial charge in [0.05, 0.1) is 12.0 Å². The maximum absolute atomic E-state index is 12.6. The van der Waals surface area contributed by atoms with E-state index >= 15 is 0 Å². The summed E-state index contributed by atoms with van der Waals surface area (Å²) in [6.45, 7) is 0. The highest BCUT2D eigenvalue weighted by molar-refractivity contribution is 9.10. The Bertz CT molecular complexity index is 712. The summed E-state index contributed by atoms with van der Waals surface area (Å²) in [5.74, 6) is 0.415. The van der Waals surface area contributed by atoms with E-state index in [1.54, 1.807) is 18.3 Å². The van der Waals surface area contributed by atoms with Crippen molar-refractivity contribution in [1.82, 2.24) is 20.0 Å². The van der Waals surface area contributed by atoms with Crippen LogP contribution < -0.4 is 10.4 Å². The third kappa shape index (κ3) is 2.66. The second-order valence-corrected chi connectivity index (χ2v) is 5.36. The molecule has 10 heteroatoms. The van der Waals surface area contributed by atoms with Gasteiger partial charge in [0.15, 0.2) is 11.9 Å². The number of nitrogens with zero attached hydrogens (tertiary/aromatic N) is 4. The molecule has 1 aliphatic rings. The number of imidazole rings is 1. The van der Waals surface area contributed by atoms with E-state index in [1.807, 2.05) is 0 Å². The van der Waals surface area contributed by atoms with E-state index in [0.717, 1.165) is 21.6 Å². The first-order valence-electron chi connectivity index (χ1n) is 6.03. The van der Waals surface area contributed by atoms with Crippen LogP contribution in [0, 0.1) is 0 Å². The maximum atomic E-state index is 12.6. The van der Waals surface area contributed by atoms with Crippen LogP contribution in [0.25, 0.3) is 5.70 Å². The Kier molecular flexibility index (Phi) is 3.57. The molecule has 22 heavy (non-hydrogen) atoms. The molecule has 2 aromatic heterocycles. The normalized spacial score (nSPS) is 18.3. The number of aromatic nitrogens is 3. The molecule has 0 radical (unpaired) electrons. The molecule has 0 spiro atoms. The summed E-state index contributed by atoms with van der Waals surface area (Å²) in [6.07, 6.45) is -0.996. The van der Waals surface area contributed by atoms with E-state index in [4.69, 9.17) is 0 Å². The highest BCUT2D eigenvalue weighted by Gasteiger charge is 2.35. The van der Waals surface area contributed by atoms with E-state index in [0.29, 0.717) is 5.82 Å².